The lowest BCUT2D eigenvalue weighted by molar-refractivity contribution is -0.116. The molecule has 1 aromatic rings. The zero-order valence-electron chi connectivity index (χ0n) is 15.2. The zero-order chi connectivity index (χ0) is 18.6. The Labute approximate surface area is 155 Å². The molecule has 0 aliphatic carbocycles. The number of benzene rings is 1. The Kier molecular flexibility index (Phi) is 6.29. The lowest BCUT2D eigenvalue weighted by Crippen LogP contribution is -2.35. The molecule has 0 radical (unpaired) electrons. The summed E-state index contributed by atoms with van der Waals surface area (Å²) in [6, 6.07) is 4.87. The molecular weight excluding hydrogens is 354 g/mol. The topological polar surface area (TPSA) is 79.0 Å². The van der Waals surface area contributed by atoms with Gasteiger partial charge in [-0.25, -0.2) is 8.42 Å². The van der Waals surface area contributed by atoms with Gasteiger partial charge in [-0.1, -0.05) is 11.3 Å². The van der Waals surface area contributed by atoms with Gasteiger partial charge in [-0.05, 0) is 62.5 Å². The number of rotatable bonds is 6. The Balaban J connectivity index is 1.59. The Hall–Kier alpha value is -1.48. The highest BCUT2D eigenvalue weighted by Crippen LogP contribution is 2.29. The van der Waals surface area contributed by atoms with E-state index in [0.717, 1.165) is 43.7 Å². The molecule has 7 nitrogen and oxygen atoms in total. The molecule has 0 saturated carbocycles. The predicted molar refractivity (Wildman–Crippen MR) is 99.4 cm³/mol. The van der Waals surface area contributed by atoms with Gasteiger partial charge < -0.3 is 9.80 Å². The van der Waals surface area contributed by atoms with Crippen LogP contribution in [0.5, 0.6) is 0 Å². The fourth-order valence-electron chi connectivity index (χ4n) is 3.59. The van der Waals surface area contributed by atoms with Crippen molar-refractivity contribution in [2.45, 2.75) is 43.9 Å². The molecule has 0 atom stereocenters. The smallest absolute Gasteiger partial charge is 0.262 e. The molecule has 1 amide bonds. The largest absolute Gasteiger partial charge is 0.312 e. The third-order valence-corrected chi connectivity index (χ3v) is 6.20. The van der Waals surface area contributed by atoms with Gasteiger partial charge in [0.15, 0.2) is 0 Å². The first-order valence-electron chi connectivity index (χ1n) is 9.24. The third-order valence-electron chi connectivity index (χ3n) is 4.99. The summed E-state index contributed by atoms with van der Waals surface area (Å²) in [5.41, 5.74) is 1.68. The Morgan fingerprint density at radius 2 is 1.92 bits per heavy atom. The molecule has 0 unspecified atom stereocenters. The van der Waals surface area contributed by atoms with Crippen LogP contribution in [0.25, 0.3) is 0 Å². The summed E-state index contributed by atoms with van der Waals surface area (Å²) in [4.78, 5) is 23.3. The number of piperidine rings is 1. The lowest BCUT2D eigenvalue weighted by atomic mass is 10.0. The number of nitrogens with zero attached hydrogens (tertiary/aromatic N) is 2. The van der Waals surface area contributed by atoms with E-state index in [4.69, 9.17) is 4.84 Å². The van der Waals surface area contributed by atoms with Crippen LogP contribution in [-0.2, 0) is 26.1 Å². The number of anilines is 1. The van der Waals surface area contributed by atoms with Crippen molar-refractivity contribution >= 4 is 21.6 Å². The minimum atomic E-state index is -3.73. The van der Waals surface area contributed by atoms with Crippen molar-refractivity contribution in [2.24, 2.45) is 0 Å². The Morgan fingerprint density at radius 1 is 1.15 bits per heavy atom. The van der Waals surface area contributed by atoms with E-state index in [1.165, 1.54) is 32.3 Å². The van der Waals surface area contributed by atoms with Crippen LogP contribution in [0.15, 0.2) is 23.1 Å². The summed E-state index contributed by atoms with van der Waals surface area (Å²) in [7, 11) is -3.73. The van der Waals surface area contributed by atoms with Gasteiger partial charge in [0, 0.05) is 25.7 Å². The highest BCUT2D eigenvalue weighted by atomic mass is 32.2. The molecule has 0 spiro atoms. The minimum Gasteiger partial charge on any atom is -0.312 e. The van der Waals surface area contributed by atoms with Crippen molar-refractivity contribution in [2.75, 3.05) is 37.7 Å². The molecule has 0 bridgehead atoms. The molecule has 8 heteroatoms. The molecule has 144 valence electrons. The number of amides is 1. The van der Waals surface area contributed by atoms with Crippen molar-refractivity contribution in [1.29, 1.82) is 0 Å². The van der Waals surface area contributed by atoms with Crippen LogP contribution in [0.2, 0.25) is 0 Å². The second kappa shape index (κ2) is 8.47. The number of nitrogens with one attached hydrogen (secondary N) is 1. The summed E-state index contributed by atoms with van der Waals surface area (Å²) < 4.78 is 24.9. The maximum absolute atomic E-state index is 12.5. The van der Waals surface area contributed by atoms with Crippen molar-refractivity contribution in [3.05, 3.63) is 23.8 Å². The summed E-state index contributed by atoms with van der Waals surface area (Å²) in [5, 5.41) is 0. The van der Waals surface area contributed by atoms with Gasteiger partial charge >= 0.3 is 0 Å². The summed E-state index contributed by atoms with van der Waals surface area (Å²) in [6.45, 7) is 5.34. The number of carbonyl (C=O) groups excluding carboxylic acids is 1. The van der Waals surface area contributed by atoms with Crippen molar-refractivity contribution in [3.63, 3.8) is 0 Å². The Morgan fingerprint density at radius 3 is 2.65 bits per heavy atom. The second-order valence-electron chi connectivity index (χ2n) is 6.90. The maximum atomic E-state index is 12.5. The first kappa shape index (κ1) is 19.3. The summed E-state index contributed by atoms with van der Waals surface area (Å²) >= 11 is 0. The molecule has 3 rings (SSSR count). The van der Waals surface area contributed by atoms with Gasteiger partial charge in [0.2, 0.25) is 5.91 Å². The van der Waals surface area contributed by atoms with E-state index in [1.54, 1.807) is 17.0 Å². The Bertz CT molecular complexity index is 745. The van der Waals surface area contributed by atoms with Gasteiger partial charge in [0.1, 0.15) is 0 Å². The van der Waals surface area contributed by atoms with Crippen molar-refractivity contribution in [3.8, 4) is 0 Å². The average Bonchev–Trinajstić information content (AvgIpc) is 2.65. The number of hydrogen-bond donors (Lipinski definition) is 1. The normalized spacial score (nSPS) is 18.6. The lowest BCUT2D eigenvalue weighted by Gasteiger charge is -2.28. The van der Waals surface area contributed by atoms with E-state index in [0.29, 0.717) is 13.2 Å². The van der Waals surface area contributed by atoms with Gasteiger partial charge in [-0.2, -0.15) is 0 Å². The SMILES string of the molecule is CC(=O)N1CCCc2cc(S(=O)(=O)NOCCN3CCCCC3)ccc21. The molecule has 1 aromatic carbocycles. The van der Waals surface area contributed by atoms with E-state index < -0.39 is 10.0 Å². The monoisotopic (exact) mass is 381 g/mol. The van der Waals surface area contributed by atoms with Gasteiger partial charge in [-0.15, -0.1) is 0 Å². The van der Waals surface area contributed by atoms with Crippen LogP contribution in [-0.4, -0.2) is 52.0 Å². The molecule has 1 saturated heterocycles. The van der Waals surface area contributed by atoms with Crippen LogP contribution >= 0.6 is 0 Å². The van der Waals surface area contributed by atoms with Gasteiger partial charge in [0.25, 0.3) is 10.0 Å². The van der Waals surface area contributed by atoms with E-state index in [9.17, 15) is 13.2 Å². The number of carbonyl (C=O) groups is 1. The summed E-state index contributed by atoms with van der Waals surface area (Å²) in [5.74, 6) is -0.0271. The van der Waals surface area contributed by atoms with Crippen molar-refractivity contribution < 1.29 is 18.0 Å². The van der Waals surface area contributed by atoms with Gasteiger partial charge in [0.05, 0.1) is 11.5 Å². The average molecular weight is 381 g/mol. The highest BCUT2D eigenvalue weighted by molar-refractivity contribution is 7.89. The van der Waals surface area contributed by atoms with Crippen LogP contribution < -0.4 is 9.79 Å². The van der Waals surface area contributed by atoms with E-state index in [-0.39, 0.29) is 10.8 Å². The molecule has 26 heavy (non-hydrogen) atoms. The number of likely N-dealkylation sites (tertiary alicyclic amines) is 1. The first-order chi connectivity index (χ1) is 12.5. The minimum absolute atomic E-state index is 0.0271. The van der Waals surface area contributed by atoms with Crippen molar-refractivity contribution in [1.82, 2.24) is 9.79 Å². The molecular formula is C18H27N3O4S. The van der Waals surface area contributed by atoms with Crippen LogP contribution in [0.4, 0.5) is 5.69 Å². The van der Waals surface area contributed by atoms with Crippen LogP contribution in [0, 0.1) is 0 Å². The number of sulfonamides is 1. The highest BCUT2D eigenvalue weighted by Gasteiger charge is 2.23. The van der Waals surface area contributed by atoms with E-state index in [1.807, 2.05) is 0 Å². The zero-order valence-corrected chi connectivity index (χ0v) is 16.1. The number of hydrogen-bond acceptors (Lipinski definition) is 5. The van der Waals surface area contributed by atoms with E-state index in [2.05, 4.69) is 9.79 Å². The summed E-state index contributed by atoms with van der Waals surface area (Å²) in [6.07, 6.45) is 5.24. The molecule has 2 heterocycles. The fourth-order valence-corrected chi connectivity index (χ4v) is 4.47. The molecule has 2 aliphatic rings. The molecule has 1 fully saturated rings. The van der Waals surface area contributed by atoms with E-state index >= 15 is 0 Å². The van der Waals surface area contributed by atoms with Gasteiger partial charge in [-0.3, -0.25) is 9.63 Å². The van der Waals surface area contributed by atoms with Crippen LogP contribution in [0.1, 0.15) is 38.2 Å². The molecule has 2 aliphatic heterocycles. The predicted octanol–water partition coefficient (Wildman–Crippen LogP) is 1.68. The van der Waals surface area contributed by atoms with Crippen LogP contribution in [0.3, 0.4) is 0 Å². The quantitative estimate of drug-likeness (QED) is 0.599. The third kappa shape index (κ3) is 4.62. The molecule has 0 aromatic heterocycles. The maximum Gasteiger partial charge on any atom is 0.262 e. The number of fused-ring (bicyclic) bond motifs is 1. The molecule has 1 N–H and O–H groups in total. The second-order valence-corrected chi connectivity index (χ2v) is 8.55. The fraction of sp³-hybridized carbons (Fsp3) is 0.611. The number of aryl methyl sites for hydroxylation is 1. The first-order valence-corrected chi connectivity index (χ1v) is 10.7. The standard InChI is InChI=1S/C18H27N3O4S/c1-15(22)21-11-5-6-16-14-17(7-8-18(16)21)26(23,24)19-25-13-12-20-9-3-2-4-10-20/h7-8,14,19H,2-6,9-13H2,1H3.